The molecule has 4 heteroatoms. The second kappa shape index (κ2) is 6.16. The van der Waals surface area contributed by atoms with Crippen LogP contribution in [0.5, 0.6) is 0 Å². The van der Waals surface area contributed by atoms with E-state index < -0.39 is 6.04 Å². The number of anilines is 1. The molecule has 1 aromatic carbocycles. The zero-order chi connectivity index (χ0) is 15.6. The first kappa shape index (κ1) is 16.0. The van der Waals surface area contributed by atoms with Gasteiger partial charge in [0, 0.05) is 37.4 Å². The third-order valence-electron chi connectivity index (χ3n) is 4.24. The van der Waals surface area contributed by atoms with Gasteiger partial charge in [0.05, 0.1) is 6.04 Å². The second-order valence-corrected chi connectivity index (χ2v) is 7.05. The van der Waals surface area contributed by atoms with Crippen LogP contribution in [0.3, 0.4) is 0 Å². The lowest BCUT2D eigenvalue weighted by atomic mass is 9.83. The summed E-state index contributed by atoms with van der Waals surface area (Å²) in [4.78, 5) is 17.1. The molecule has 1 aromatic rings. The van der Waals surface area contributed by atoms with Crippen molar-refractivity contribution in [2.24, 2.45) is 11.1 Å². The van der Waals surface area contributed by atoms with E-state index >= 15 is 0 Å². The molecule has 1 unspecified atom stereocenters. The maximum Gasteiger partial charge on any atom is 0.180 e. The minimum atomic E-state index is -0.466. The molecule has 1 heterocycles. The van der Waals surface area contributed by atoms with Crippen molar-refractivity contribution in [3.05, 3.63) is 29.8 Å². The van der Waals surface area contributed by atoms with Gasteiger partial charge in [-0.2, -0.15) is 0 Å². The topological polar surface area (TPSA) is 49.6 Å². The van der Waals surface area contributed by atoms with Gasteiger partial charge in [-0.05, 0) is 36.7 Å². The van der Waals surface area contributed by atoms with Crippen LogP contribution in [0.4, 0.5) is 5.69 Å². The first-order valence-electron chi connectivity index (χ1n) is 7.62. The van der Waals surface area contributed by atoms with Crippen LogP contribution in [-0.2, 0) is 0 Å². The zero-order valence-electron chi connectivity index (χ0n) is 13.6. The smallest absolute Gasteiger partial charge is 0.180 e. The van der Waals surface area contributed by atoms with Gasteiger partial charge >= 0.3 is 0 Å². The van der Waals surface area contributed by atoms with Gasteiger partial charge in [0.2, 0.25) is 0 Å². The van der Waals surface area contributed by atoms with Crippen LogP contribution in [0, 0.1) is 5.41 Å². The number of nitrogens with two attached hydrogens (primary N) is 1. The van der Waals surface area contributed by atoms with Crippen molar-refractivity contribution in [3.63, 3.8) is 0 Å². The van der Waals surface area contributed by atoms with Crippen molar-refractivity contribution in [1.29, 1.82) is 0 Å². The molecule has 0 spiro atoms. The van der Waals surface area contributed by atoms with Gasteiger partial charge in [-0.3, -0.25) is 4.79 Å². The fourth-order valence-electron chi connectivity index (χ4n) is 2.47. The van der Waals surface area contributed by atoms with Gasteiger partial charge in [0.25, 0.3) is 0 Å². The number of hydrogen-bond donors (Lipinski definition) is 1. The zero-order valence-corrected chi connectivity index (χ0v) is 13.6. The molecular weight excluding hydrogens is 262 g/mol. The summed E-state index contributed by atoms with van der Waals surface area (Å²) < 4.78 is 0. The van der Waals surface area contributed by atoms with Gasteiger partial charge in [-0.1, -0.05) is 20.8 Å². The third kappa shape index (κ3) is 3.83. The van der Waals surface area contributed by atoms with Crippen molar-refractivity contribution < 1.29 is 4.79 Å². The lowest BCUT2D eigenvalue weighted by Gasteiger charge is -2.34. The van der Waals surface area contributed by atoms with Crippen LogP contribution in [-0.4, -0.2) is 50.0 Å². The Morgan fingerprint density at radius 2 is 1.62 bits per heavy atom. The number of benzene rings is 1. The molecule has 1 aliphatic rings. The molecule has 0 aromatic heterocycles. The molecule has 0 bridgehead atoms. The Kier molecular flexibility index (Phi) is 4.69. The number of carbonyl (C=O) groups excluding carboxylic acids is 1. The van der Waals surface area contributed by atoms with E-state index in [1.807, 2.05) is 45.0 Å². The molecule has 0 radical (unpaired) electrons. The molecule has 21 heavy (non-hydrogen) atoms. The largest absolute Gasteiger partial charge is 0.369 e. The summed E-state index contributed by atoms with van der Waals surface area (Å²) in [5.41, 5.74) is 7.73. The SMILES string of the molecule is CN1CCN(c2ccc(C(=O)C(N)C(C)(C)C)cc2)CC1. The first-order chi connectivity index (χ1) is 9.79. The summed E-state index contributed by atoms with van der Waals surface area (Å²) in [5.74, 6) is 0.0208. The van der Waals surface area contributed by atoms with Gasteiger partial charge in [0.15, 0.2) is 5.78 Å². The van der Waals surface area contributed by atoms with E-state index in [0.717, 1.165) is 26.2 Å². The van der Waals surface area contributed by atoms with Crippen LogP contribution in [0.2, 0.25) is 0 Å². The van der Waals surface area contributed by atoms with Crippen LogP contribution >= 0.6 is 0 Å². The van der Waals surface area contributed by atoms with E-state index in [1.165, 1.54) is 5.69 Å². The standard InChI is InChI=1S/C17H27N3O/c1-17(2,3)16(18)15(21)13-5-7-14(8-6-13)20-11-9-19(4)10-12-20/h5-8,16H,9-12,18H2,1-4H3. The number of nitrogens with zero attached hydrogens (tertiary/aromatic N) is 2. The lowest BCUT2D eigenvalue weighted by molar-refractivity contribution is 0.0901. The predicted molar refractivity (Wildman–Crippen MR) is 87.9 cm³/mol. The highest BCUT2D eigenvalue weighted by Crippen LogP contribution is 2.22. The van der Waals surface area contributed by atoms with Crippen molar-refractivity contribution in [1.82, 2.24) is 4.90 Å². The number of ketones is 1. The lowest BCUT2D eigenvalue weighted by Crippen LogP contribution is -2.44. The monoisotopic (exact) mass is 289 g/mol. The van der Waals surface area contributed by atoms with Crippen LogP contribution in [0.1, 0.15) is 31.1 Å². The van der Waals surface area contributed by atoms with Crippen molar-refractivity contribution in [3.8, 4) is 0 Å². The minimum absolute atomic E-state index is 0.0208. The molecule has 4 nitrogen and oxygen atoms in total. The van der Waals surface area contributed by atoms with Crippen molar-refractivity contribution in [2.45, 2.75) is 26.8 Å². The fourth-order valence-corrected chi connectivity index (χ4v) is 2.47. The Morgan fingerprint density at radius 1 is 1.10 bits per heavy atom. The van der Waals surface area contributed by atoms with Crippen LogP contribution in [0.15, 0.2) is 24.3 Å². The number of likely N-dealkylation sites (N-methyl/N-ethyl adjacent to an activating group) is 1. The fraction of sp³-hybridized carbons (Fsp3) is 0.588. The average molecular weight is 289 g/mol. The first-order valence-corrected chi connectivity index (χ1v) is 7.62. The van der Waals surface area contributed by atoms with E-state index in [0.29, 0.717) is 5.56 Å². The highest BCUT2D eigenvalue weighted by Gasteiger charge is 2.28. The van der Waals surface area contributed by atoms with E-state index in [1.54, 1.807) is 0 Å². The number of hydrogen-bond acceptors (Lipinski definition) is 4. The molecule has 1 saturated heterocycles. The Bertz CT molecular complexity index is 482. The van der Waals surface area contributed by atoms with Gasteiger partial charge < -0.3 is 15.5 Å². The van der Waals surface area contributed by atoms with Gasteiger partial charge in [0.1, 0.15) is 0 Å². The Labute approximate surface area is 127 Å². The number of rotatable bonds is 3. The Hall–Kier alpha value is -1.39. The molecule has 0 saturated carbocycles. The quantitative estimate of drug-likeness (QED) is 0.865. The van der Waals surface area contributed by atoms with E-state index in [4.69, 9.17) is 5.73 Å². The van der Waals surface area contributed by atoms with Gasteiger partial charge in [-0.25, -0.2) is 0 Å². The Morgan fingerprint density at radius 3 is 2.10 bits per heavy atom. The molecule has 2 rings (SSSR count). The predicted octanol–water partition coefficient (Wildman–Crippen LogP) is 1.99. The molecule has 116 valence electrons. The summed E-state index contributed by atoms with van der Waals surface area (Å²) in [7, 11) is 2.15. The number of carbonyl (C=O) groups is 1. The normalized spacial score (nSPS) is 18.6. The summed E-state index contributed by atoms with van der Waals surface area (Å²) in [6, 6.07) is 7.41. The van der Waals surface area contributed by atoms with Crippen LogP contribution < -0.4 is 10.6 Å². The number of piperazine rings is 1. The summed E-state index contributed by atoms with van der Waals surface area (Å²) in [6.45, 7) is 10.2. The molecular formula is C17H27N3O. The highest BCUT2D eigenvalue weighted by atomic mass is 16.1. The van der Waals surface area contributed by atoms with Crippen molar-refractivity contribution in [2.75, 3.05) is 38.1 Å². The molecule has 0 amide bonds. The van der Waals surface area contributed by atoms with E-state index in [-0.39, 0.29) is 11.2 Å². The minimum Gasteiger partial charge on any atom is -0.369 e. The third-order valence-corrected chi connectivity index (χ3v) is 4.24. The van der Waals surface area contributed by atoms with E-state index in [9.17, 15) is 4.79 Å². The van der Waals surface area contributed by atoms with Gasteiger partial charge in [-0.15, -0.1) is 0 Å². The highest BCUT2D eigenvalue weighted by molar-refractivity contribution is 6.00. The van der Waals surface area contributed by atoms with Crippen LogP contribution in [0.25, 0.3) is 0 Å². The molecule has 1 atom stereocenters. The molecule has 1 fully saturated rings. The van der Waals surface area contributed by atoms with Crippen molar-refractivity contribution >= 4 is 11.5 Å². The maximum atomic E-state index is 12.4. The average Bonchev–Trinajstić information content (AvgIpc) is 2.46. The molecule has 1 aliphatic heterocycles. The number of Topliss-reactive ketones (excluding diaryl/α,β-unsaturated/α-hetero) is 1. The Balaban J connectivity index is 2.07. The summed E-state index contributed by atoms with van der Waals surface area (Å²) >= 11 is 0. The molecule has 2 N–H and O–H groups in total. The summed E-state index contributed by atoms with van der Waals surface area (Å²) in [5, 5.41) is 0. The molecule has 0 aliphatic carbocycles. The van der Waals surface area contributed by atoms with E-state index in [2.05, 4.69) is 16.8 Å². The maximum absolute atomic E-state index is 12.4. The summed E-state index contributed by atoms with van der Waals surface area (Å²) in [6.07, 6.45) is 0. The second-order valence-electron chi connectivity index (χ2n) is 7.05.